The average Bonchev–Trinajstić information content (AvgIpc) is 1.63. The van der Waals surface area contributed by atoms with Gasteiger partial charge in [0.25, 0.3) is 0 Å². The number of thiophene rings is 3. The van der Waals surface area contributed by atoms with Crippen molar-refractivity contribution in [3.8, 4) is 31.7 Å². The largest absolute Gasteiger partial charge is 0.444 e. The van der Waals surface area contributed by atoms with Crippen molar-refractivity contribution >= 4 is 144 Å². The molecular formula is C82H91N15O7S6. The maximum absolute atomic E-state index is 13.0. The summed E-state index contributed by atoms with van der Waals surface area (Å²) >= 11 is 9.63. The van der Waals surface area contributed by atoms with E-state index in [1.165, 1.54) is 60.6 Å². The van der Waals surface area contributed by atoms with Crippen LogP contribution >= 0.6 is 68.0 Å². The van der Waals surface area contributed by atoms with Crippen LogP contribution in [-0.4, -0.2) is 133 Å². The number of carbonyl (C=O) groups excluding carboxylic acids is 5. The van der Waals surface area contributed by atoms with Crippen LogP contribution in [-0.2, 0) is 82.0 Å². The molecule has 9 aromatic heterocycles. The molecule has 0 unspecified atom stereocenters. The molecule has 3 aromatic carbocycles. The first-order chi connectivity index (χ1) is 53.2. The second-order valence-electron chi connectivity index (χ2n) is 28.2. The summed E-state index contributed by atoms with van der Waals surface area (Å²) in [5, 5.41) is 24.7. The molecule has 0 saturated heterocycles. The monoisotopic (exact) mass is 1590 g/mol. The number of hydrogen-bond acceptors (Lipinski definition) is 23. The van der Waals surface area contributed by atoms with Crippen LogP contribution in [0.25, 0.3) is 62.4 Å². The third kappa shape index (κ3) is 21.7. The van der Waals surface area contributed by atoms with Crippen molar-refractivity contribution < 1.29 is 33.4 Å². The molecule has 3 aliphatic rings. The zero-order chi connectivity index (χ0) is 77.2. The second kappa shape index (κ2) is 37.9. The fourth-order valence-electron chi connectivity index (χ4n) is 12.5. The Morgan fingerprint density at radius 3 is 1.27 bits per heavy atom. The summed E-state index contributed by atoms with van der Waals surface area (Å²) in [5.74, 6) is -0.276. The molecule has 572 valence electrons. The molecule has 28 heteroatoms. The van der Waals surface area contributed by atoms with E-state index in [1.54, 1.807) is 73.7 Å². The van der Waals surface area contributed by atoms with Crippen molar-refractivity contribution in [2.24, 2.45) is 5.73 Å². The third-order valence-corrected chi connectivity index (χ3v) is 24.2. The molecule has 0 atom stereocenters. The van der Waals surface area contributed by atoms with E-state index in [1.807, 2.05) is 151 Å². The van der Waals surface area contributed by atoms with Gasteiger partial charge in [-0.15, -0.1) is 68.0 Å². The molecule has 15 rings (SSSR count). The Balaban J connectivity index is 0.000000146. The Morgan fingerprint density at radius 1 is 0.500 bits per heavy atom. The molecule has 8 N–H and O–H groups in total. The van der Waals surface area contributed by atoms with Crippen molar-refractivity contribution in [2.75, 3.05) is 68.3 Å². The van der Waals surface area contributed by atoms with E-state index >= 15 is 0 Å². The highest BCUT2D eigenvalue weighted by Gasteiger charge is 2.34. The molecule has 0 saturated carbocycles. The van der Waals surface area contributed by atoms with Crippen LogP contribution in [0.1, 0.15) is 102 Å². The Labute approximate surface area is 664 Å². The first-order valence-electron chi connectivity index (χ1n) is 36.7. The molecule has 110 heavy (non-hydrogen) atoms. The number of rotatable bonds is 21. The number of aromatic nitrogens is 6. The number of nitrogens with two attached hydrogens (primary N) is 1. The lowest BCUT2D eigenvalue weighted by Gasteiger charge is -2.30. The van der Waals surface area contributed by atoms with Crippen molar-refractivity contribution in [3.63, 3.8) is 0 Å². The Morgan fingerprint density at radius 2 is 0.891 bits per heavy atom. The molecule has 12 aromatic rings. The van der Waals surface area contributed by atoms with E-state index in [-0.39, 0.29) is 29.9 Å². The predicted molar refractivity (Wildman–Crippen MR) is 449 cm³/mol. The number of amides is 5. The summed E-state index contributed by atoms with van der Waals surface area (Å²) in [7, 11) is 0. The standard InChI is InChI=1S/C29H33N5O3S2.C24H25N5OS2.C22H23N3O3S2.C7H10N2/c1-29(2,3)37-28(36)34-16-12-20-23(18-34)39-27(25(20)26-32-21-8-4-5-9-22(21)38-26)33-24(35)11-15-30-14-10-19-7-6-13-31-17-19;30-21(9-13-25-11-7-16-4-3-10-26-14-16)29-24-22(17-8-12-27-15-20(17)32-24)23-28-18-5-1-2-6-19(18)31-23;1-5-17(26)24-20-18(19-23-14-8-6-7-9-15(14)29-19)13-10-11-25(12-16(13)30-20)21(27)28-22(2,3)4;8-4-3-7-2-1-5-9-6-7/h4-9,13,17,30H,10-12,14-16,18H2,1-3H3,(H,33,35);1-6,10,14,25,27H,7-9,11-13,15H2,(H,29,30);5-9H,1,10-12H2,2-4H3,(H,24,26);1-2,5-6H,3-4,8H2. The minimum atomic E-state index is -0.551. The quantitative estimate of drug-likeness (QED) is 0.0260. The number of nitrogens with zero attached hydrogens (tertiary/aromatic N) is 8. The molecule has 12 heterocycles. The van der Waals surface area contributed by atoms with Crippen LogP contribution in [0, 0.1) is 0 Å². The topological polar surface area (TPSA) is 286 Å². The number of benzene rings is 3. The molecule has 5 amide bonds. The molecule has 0 aliphatic carbocycles. The minimum Gasteiger partial charge on any atom is -0.444 e. The molecular weight excluding hydrogens is 1500 g/mol. The van der Waals surface area contributed by atoms with Crippen molar-refractivity contribution in [3.05, 3.63) is 207 Å². The fourth-order valence-corrected chi connectivity index (χ4v) is 19.6. The highest BCUT2D eigenvalue weighted by molar-refractivity contribution is 7.24. The lowest BCUT2D eigenvalue weighted by molar-refractivity contribution is -0.116. The molecule has 0 spiro atoms. The molecule has 0 fully saturated rings. The van der Waals surface area contributed by atoms with Gasteiger partial charge in [0.15, 0.2) is 0 Å². The number of carbonyl (C=O) groups is 5. The zero-order valence-corrected chi connectivity index (χ0v) is 67.4. The average molecular weight is 1590 g/mol. The van der Waals surface area contributed by atoms with Crippen LogP contribution in [0.5, 0.6) is 0 Å². The second-order valence-corrected chi connectivity index (χ2v) is 34.6. The Bertz CT molecular complexity index is 5040. The van der Waals surface area contributed by atoms with Gasteiger partial charge in [0.2, 0.25) is 17.7 Å². The van der Waals surface area contributed by atoms with Gasteiger partial charge in [-0.1, -0.05) is 61.2 Å². The highest BCUT2D eigenvalue weighted by atomic mass is 32.1. The van der Waals surface area contributed by atoms with Crippen molar-refractivity contribution in [1.29, 1.82) is 0 Å². The summed E-state index contributed by atoms with van der Waals surface area (Å²) < 4.78 is 14.5. The first-order valence-corrected chi connectivity index (χ1v) is 41.6. The van der Waals surface area contributed by atoms with Crippen LogP contribution < -0.4 is 37.6 Å². The molecule has 3 aliphatic heterocycles. The van der Waals surface area contributed by atoms with Crippen molar-refractivity contribution in [1.82, 2.24) is 55.7 Å². The van der Waals surface area contributed by atoms with Gasteiger partial charge in [0.1, 0.15) is 41.2 Å². The van der Waals surface area contributed by atoms with E-state index < -0.39 is 11.2 Å². The number of thiazole rings is 3. The van der Waals surface area contributed by atoms with Gasteiger partial charge in [0.05, 0.1) is 43.7 Å². The lowest BCUT2D eigenvalue weighted by atomic mass is 10.0. The SMILES string of the molecule is C=CC(=O)Nc1sc2c(c1-c1nc3ccccc3s1)CCN(C(=O)OC(C)(C)C)C2.CC(C)(C)OC(=O)N1CCc2c(sc(NC(=O)CCNCCc3cccnc3)c2-c2nc3ccccc3s2)C1.NCCc1cccnc1.O=C(CCNCCc1cccnc1)Nc1sc2c(c1-c1nc3ccccc3s1)CCNC2. The number of anilines is 3. The van der Waals surface area contributed by atoms with E-state index in [4.69, 9.17) is 30.2 Å². The van der Waals surface area contributed by atoms with Crippen LogP contribution in [0.4, 0.5) is 24.6 Å². The van der Waals surface area contributed by atoms with E-state index in [0.717, 1.165) is 145 Å². The molecule has 0 radical (unpaired) electrons. The van der Waals surface area contributed by atoms with Crippen LogP contribution in [0.3, 0.4) is 0 Å². The number of nitrogens with one attached hydrogen (secondary N) is 6. The fraction of sp³-hybridized carbons (Fsp3) is 0.329. The summed E-state index contributed by atoms with van der Waals surface area (Å²) in [6.07, 6.45) is 17.3. The number of fused-ring (bicyclic) bond motifs is 6. The summed E-state index contributed by atoms with van der Waals surface area (Å²) in [5.41, 5.74) is 17.4. The Hall–Kier alpha value is -9.59. The normalized spacial score (nSPS) is 13.1. The van der Waals surface area contributed by atoms with Gasteiger partial charge < -0.3 is 56.9 Å². The van der Waals surface area contributed by atoms with Crippen LogP contribution in [0.2, 0.25) is 0 Å². The summed E-state index contributed by atoms with van der Waals surface area (Å²) in [4.78, 5) is 96.7. The molecule has 0 bridgehead atoms. The van der Waals surface area contributed by atoms with Gasteiger partial charge in [0, 0.05) is 114 Å². The maximum Gasteiger partial charge on any atom is 0.410 e. The number of para-hydroxylation sites is 3. The molecule has 22 nitrogen and oxygen atoms in total. The first kappa shape index (κ1) is 79.9. The third-order valence-electron chi connectivity index (χ3n) is 17.6. The summed E-state index contributed by atoms with van der Waals surface area (Å²) in [6, 6.07) is 36.2. The summed E-state index contributed by atoms with van der Waals surface area (Å²) in [6.45, 7) is 22.1. The van der Waals surface area contributed by atoms with E-state index in [0.29, 0.717) is 71.5 Å². The predicted octanol–water partition coefficient (Wildman–Crippen LogP) is 16.1. The van der Waals surface area contributed by atoms with E-state index in [2.05, 4.69) is 71.6 Å². The van der Waals surface area contributed by atoms with Gasteiger partial charge >= 0.3 is 12.2 Å². The zero-order valence-electron chi connectivity index (χ0n) is 62.5. The van der Waals surface area contributed by atoms with Crippen LogP contribution in [0.15, 0.2) is 159 Å². The van der Waals surface area contributed by atoms with Gasteiger partial charge in [-0.3, -0.25) is 29.3 Å². The highest BCUT2D eigenvalue weighted by Crippen LogP contribution is 2.49. The number of pyridine rings is 3. The lowest BCUT2D eigenvalue weighted by Crippen LogP contribution is -2.39. The van der Waals surface area contributed by atoms with Gasteiger partial charge in [-0.25, -0.2) is 24.5 Å². The Kier molecular flexibility index (Phi) is 27.5. The van der Waals surface area contributed by atoms with Gasteiger partial charge in [-0.2, -0.15) is 0 Å². The number of ether oxygens (including phenoxy) is 2. The maximum atomic E-state index is 13.0. The smallest absolute Gasteiger partial charge is 0.410 e. The van der Waals surface area contributed by atoms with E-state index in [9.17, 15) is 24.0 Å². The number of hydrogen-bond donors (Lipinski definition) is 7. The minimum absolute atomic E-state index is 0.0350. The van der Waals surface area contributed by atoms with Crippen molar-refractivity contribution in [2.45, 2.75) is 124 Å². The van der Waals surface area contributed by atoms with Gasteiger partial charge in [-0.05, 0) is 200 Å².